The summed E-state index contributed by atoms with van der Waals surface area (Å²) in [5.41, 5.74) is -5.65. The van der Waals surface area contributed by atoms with Gasteiger partial charge in [0.1, 0.15) is 23.8 Å². The van der Waals surface area contributed by atoms with Crippen LogP contribution in [0.2, 0.25) is 0 Å². The quantitative estimate of drug-likeness (QED) is 0.153. The maximum absolute atomic E-state index is 10.7. The first-order valence-electron chi connectivity index (χ1n) is 8.38. The lowest BCUT2D eigenvalue weighted by molar-refractivity contribution is -0.0517. The third-order valence-corrected chi connectivity index (χ3v) is 12.3. The van der Waals surface area contributed by atoms with Gasteiger partial charge in [-0.3, -0.25) is 0 Å². The molecule has 3 rings (SSSR count). The van der Waals surface area contributed by atoms with Gasteiger partial charge in [-0.15, -0.1) is 0 Å². The standard InChI is InChI=1S/C18H9Br6P.CHF3O3S/c19-10-6-13(21)17(14(22)7-10)25(12-4-2-1-3-5-12)18-15(23)8-11(20)9-16(18)24;2-1(3,4)8(5,6)7/h1-9H;(H,5,6,7). The third-order valence-electron chi connectivity index (χ3n) is 3.86. The summed E-state index contributed by atoms with van der Waals surface area (Å²) < 4.78 is 65.3. The zero-order chi connectivity index (χ0) is 25.1. The van der Waals surface area contributed by atoms with Crippen LogP contribution in [0.15, 0.2) is 81.4 Å². The number of alkyl halides is 3. The summed E-state index contributed by atoms with van der Waals surface area (Å²) >= 11 is 22.3. The van der Waals surface area contributed by atoms with Crippen LogP contribution in [0.25, 0.3) is 0 Å². The molecule has 0 heterocycles. The molecule has 0 unspecified atom stereocenters. The first-order chi connectivity index (χ1) is 15.1. The van der Waals surface area contributed by atoms with Crippen molar-refractivity contribution in [2.24, 2.45) is 0 Å². The van der Waals surface area contributed by atoms with Crippen molar-refractivity contribution in [2.75, 3.05) is 0 Å². The minimum Gasteiger partial charge on any atom is -0.741 e. The Morgan fingerprint density at radius 3 is 1.27 bits per heavy atom. The van der Waals surface area contributed by atoms with E-state index in [1.165, 1.54) is 15.9 Å². The molecule has 0 radical (unpaired) electrons. The van der Waals surface area contributed by atoms with Gasteiger partial charge in [0, 0.05) is 8.95 Å². The second kappa shape index (κ2) is 12.3. The lowest BCUT2D eigenvalue weighted by atomic mass is 10.3. The Labute approximate surface area is 240 Å². The first-order valence-corrected chi connectivity index (χ1v) is 16.0. The molecule has 0 bridgehead atoms. The molecule has 178 valence electrons. The van der Waals surface area contributed by atoms with Gasteiger partial charge < -0.3 is 4.55 Å². The van der Waals surface area contributed by atoms with Crippen molar-refractivity contribution in [1.29, 1.82) is 0 Å². The monoisotopic (exact) mass is 880 g/mol. The molecule has 0 aliphatic rings. The molecule has 33 heavy (non-hydrogen) atoms. The summed E-state index contributed by atoms with van der Waals surface area (Å²) in [7, 11) is -7.35. The lowest BCUT2D eigenvalue weighted by Crippen LogP contribution is -2.24. The van der Waals surface area contributed by atoms with E-state index >= 15 is 0 Å². The van der Waals surface area contributed by atoms with Gasteiger partial charge in [-0.25, -0.2) is 8.42 Å². The SMILES string of the molecule is Brc1cc(Br)c([PH+](c2ccccc2)c2c(Br)cc(Br)cc2Br)c(Br)c1.O=S(=O)([O-])C(F)(F)F. The molecular weight excluding hydrogens is 876 g/mol. The third kappa shape index (κ3) is 8.08. The van der Waals surface area contributed by atoms with E-state index in [9.17, 15) is 13.2 Å². The van der Waals surface area contributed by atoms with E-state index in [1.54, 1.807) is 0 Å². The van der Waals surface area contributed by atoms with Crippen molar-refractivity contribution in [2.45, 2.75) is 5.51 Å². The van der Waals surface area contributed by atoms with E-state index in [4.69, 9.17) is 13.0 Å². The Balaban J connectivity index is 0.000000414. The van der Waals surface area contributed by atoms with Gasteiger partial charge in [-0.05, 0) is 100 Å². The summed E-state index contributed by atoms with van der Waals surface area (Å²) in [6.07, 6.45) is 0. The van der Waals surface area contributed by atoms with Crippen LogP contribution >= 0.6 is 104 Å². The fourth-order valence-corrected chi connectivity index (χ4v) is 12.1. The fourth-order valence-electron chi connectivity index (χ4n) is 2.58. The summed E-state index contributed by atoms with van der Waals surface area (Å²) in [6.45, 7) is 0. The van der Waals surface area contributed by atoms with E-state index in [1.807, 2.05) is 0 Å². The molecule has 0 aromatic heterocycles. The molecule has 0 aliphatic heterocycles. The van der Waals surface area contributed by atoms with Crippen molar-refractivity contribution in [3.05, 3.63) is 81.4 Å². The van der Waals surface area contributed by atoms with Gasteiger partial charge in [0.15, 0.2) is 10.1 Å². The topological polar surface area (TPSA) is 57.2 Å². The minimum absolute atomic E-state index is 1.04. The van der Waals surface area contributed by atoms with E-state index < -0.39 is 23.5 Å². The van der Waals surface area contributed by atoms with Gasteiger partial charge in [-0.1, -0.05) is 50.1 Å². The number of hydrogen-bond acceptors (Lipinski definition) is 3. The molecule has 0 saturated carbocycles. The number of rotatable bonds is 3. The van der Waals surface area contributed by atoms with E-state index in [0.717, 1.165) is 26.8 Å². The molecule has 0 N–H and O–H groups in total. The van der Waals surface area contributed by atoms with Crippen molar-refractivity contribution in [1.82, 2.24) is 0 Å². The maximum Gasteiger partial charge on any atom is 0.485 e. The normalized spacial score (nSPS) is 11.8. The van der Waals surface area contributed by atoms with Crippen LogP contribution in [0.4, 0.5) is 13.2 Å². The Hall–Kier alpha value is 0.670. The Kier molecular flexibility index (Phi) is 11.1. The van der Waals surface area contributed by atoms with Crippen molar-refractivity contribution in [3.8, 4) is 0 Å². The second-order valence-corrected chi connectivity index (χ2v) is 15.1. The van der Waals surface area contributed by atoms with Crippen LogP contribution in [-0.2, 0) is 10.1 Å². The van der Waals surface area contributed by atoms with E-state index in [0.29, 0.717) is 0 Å². The number of benzene rings is 3. The van der Waals surface area contributed by atoms with Crippen LogP contribution in [0.1, 0.15) is 0 Å². The van der Waals surface area contributed by atoms with Crippen molar-refractivity contribution in [3.63, 3.8) is 0 Å². The summed E-state index contributed by atoms with van der Waals surface area (Å²) in [5, 5.41) is 3.88. The molecule has 3 aromatic rings. The fraction of sp³-hybridized carbons (Fsp3) is 0.0526. The highest BCUT2D eigenvalue weighted by Gasteiger charge is 2.37. The molecule has 0 saturated heterocycles. The second-order valence-electron chi connectivity index (χ2n) is 6.13. The molecule has 0 amide bonds. The van der Waals surface area contributed by atoms with Crippen LogP contribution in [0, 0.1) is 0 Å². The van der Waals surface area contributed by atoms with Crippen LogP contribution in [0.3, 0.4) is 0 Å². The number of hydrogen-bond donors (Lipinski definition) is 0. The molecule has 3 aromatic carbocycles. The number of halogens is 9. The first kappa shape index (κ1) is 29.9. The average molecular weight is 886 g/mol. The molecule has 0 spiro atoms. The predicted molar refractivity (Wildman–Crippen MR) is 148 cm³/mol. The van der Waals surface area contributed by atoms with Crippen LogP contribution < -0.4 is 15.9 Å². The molecule has 0 atom stereocenters. The van der Waals surface area contributed by atoms with Crippen molar-refractivity contribution < 1.29 is 26.1 Å². The lowest BCUT2D eigenvalue weighted by Gasteiger charge is -2.17. The highest BCUT2D eigenvalue weighted by atomic mass is 79.9. The Bertz CT molecular complexity index is 1150. The summed E-state index contributed by atoms with van der Waals surface area (Å²) in [5.74, 6) is 0. The van der Waals surface area contributed by atoms with Gasteiger partial charge in [0.25, 0.3) is 0 Å². The minimum atomic E-state index is -6.09. The summed E-state index contributed by atoms with van der Waals surface area (Å²) in [6, 6.07) is 19.1. The molecule has 3 nitrogen and oxygen atoms in total. The molecular formula is C19H10Br6F3O3PS. The van der Waals surface area contributed by atoms with Crippen LogP contribution in [0.5, 0.6) is 0 Å². The maximum atomic E-state index is 10.7. The molecule has 0 fully saturated rings. The Morgan fingerprint density at radius 1 is 0.697 bits per heavy atom. The summed E-state index contributed by atoms with van der Waals surface area (Å²) in [4.78, 5) is 0. The highest BCUT2D eigenvalue weighted by molar-refractivity contribution is 9.12. The van der Waals surface area contributed by atoms with Crippen LogP contribution in [-0.4, -0.2) is 18.5 Å². The zero-order valence-electron chi connectivity index (χ0n) is 15.7. The van der Waals surface area contributed by atoms with Gasteiger partial charge in [-0.2, -0.15) is 13.2 Å². The average Bonchev–Trinajstić information content (AvgIpc) is 2.65. The predicted octanol–water partition coefficient (Wildman–Crippen LogP) is 7.80. The van der Waals surface area contributed by atoms with Gasteiger partial charge >= 0.3 is 5.51 Å². The van der Waals surface area contributed by atoms with Crippen molar-refractivity contribution >= 4 is 130 Å². The van der Waals surface area contributed by atoms with Gasteiger partial charge in [0.2, 0.25) is 0 Å². The zero-order valence-corrected chi connectivity index (χ0v) is 27.1. The highest BCUT2D eigenvalue weighted by Crippen LogP contribution is 2.44. The van der Waals surface area contributed by atoms with Gasteiger partial charge in [0.05, 0.1) is 17.9 Å². The van der Waals surface area contributed by atoms with E-state index in [2.05, 4.69) is 150 Å². The Morgan fingerprint density at radius 2 is 1.00 bits per heavy atom. The molecule has 14 heteroatoms. The largest absolute Gasteiger partial charge is 0.741 e. The van der Waals surface area contributed by atoms with E-state index in [-0.39, 0.29) is 0 Å². The smallest absolute Gasteiger partial charge is 0.485 e. The molecule has 0 aliphatic carbocycles.